The maximum atomic E-state index is 5.32. The van der Waals surface area contributed by atoms with Crippen molar-refractivity contribution in [2.75, 3.05) is 24.9 Å². The number of methoxy groups -OCH3 is 2. The summed E-state index contributed by atoms with van der Waals surface area (Å²) in [7, 11) is 3.26. The third-order valence-corrected chi connectivity index (χ3v) is 3.60. The van der Waals surface area contributed by atoms with E-state index >= 15 is 0 Å². The quantitative estimate of drug-likeness (QED) is 0.779. The summed E-state index contributed by atoms with van der Waals surface area (Å²) < 4.78 is 10.6. The molecule has 0 bridgehead atoms. The summed E-state index contributed by atoms with van der Waals surface area (Å²) in [4.78, 5) is 8.48. The van der Waals surface area contributed by atoms with Gasteiger partial charge in [-0.2, -0.15) is 0 Å². The lowest BCUT2D eigenvalue weighted by molar-refractivity contribution is 0.354. The molecule has 124 valence electrons. The molecule has 1 heterocycles. The van der Waals surface area contributed by atoms with Gasteiger partial charge in [-0.05, 0) is 31.0 Å². The van der Waals surface area contributed by atoms with Crippen molar-refractivity contribution in [2.45, 2.75) is 32.9 Å². The minimum Gasteiger partial charge on any atom is -0.493 e. The van der Waals surface area contributed by atoms with Gasteiger partial charge in [-0.3, -0.25) is 0 Å². The van der Waals surface area contributed by atoms with Crippen LogP contribution in [0.5, 0.6) is 11.5 Å². The highest BCUT2D eigenvalue weighted by Crippen LogP contribution is 2.27. The van der Waals surface area contributed by atoms with Gasteiger partial charge in [-0.25, -0.2) is 9.97 Å². The Morgan fingerprint density at radius 2 is 1.78 bits per heavy atom. The topological polar surface area (TPSA) is 68.3 Å². The first-order valence-corrected chi connectivity index (χ1v) is 7.69. The van der Waals surface area contributed by atoms with E-state index < -0.39 is 0 Å². The first-order chi connectivity index (χ1) is 11.2. The van der Waals surface area contributed by atoms with Crippen molar-refractivity contribution in [3.8, 4) is 11.5 Å². The number of benzene rings is 1. The predicted octanol–water partition coefficient (Wildman–Crippen LogP) is 3.32. The molecule has 0 aliphatic heterocycles. The Morgan fingerprint density at radius 3 is 2.48 bits per heavy atom. The number of hydrogen-bond donors (Lipinski definition) is 2. The molecule has 1 atom stereocenters. The Hall–Kier alpha value is -2.50. The first-order valence-electron chi connectivity index (χ1n) is 7.69. The molecule has 0 fully saturated rings. The third-order valence-electron chi connectivity index (χ3n) is 3.60. The van der Waals surface area contributed by atoms with Crippen molar-refractivity contribution in [1.29, 1.82) is 0 Å². The number of rotatable bonds is 8. The summed E-state index contributed by atoms with van der Waals surface area (Å²) in [6, 6.07) is 8.13. The second kappa shape index (κ2) is 8.22. The van der Waals surface area contributed by atoms with Crippen LogP contribution in [0.25, 0.3) is 0 Å². The van der Waals surface area contributed by atoms with E-state index in [1.54, 1.807) is 20.5 Å². The van der Waals surface area contributed by atoms with Crippen LogP contribution < -0.4 is 20.1 Å². The fourth-order valence-electron chi connectivity index (χ4n) is 2.07. The van der Waals surface area contributed by atoms with E-state index in [4.69, 9.17) is 9.47 Å². The molecule has 2 N–H and O–H groups in total. The zero-order valence-electron chi connectivity index (χ0n) is 14.1. The first kappa shape index (κ1) is 16.9. The summed E-state index contributed by atoms with van der Waals surface area (Å²) in [6.45, 7) is 4.90. The molecule has 2 aromatic rings. The van der Waals surface area contributed by atoms with Crippen molar-refractivity contribution in [3.63, 3.8) is 0 Å². The lowest BCUT2D eigenvalue weighted by atomic mass is 10.2. The summed E-state index contributed by atoms with van der Waals surface area (Å²) in [5.41, 5.74) is 1.08. The van der Waals surface area contributed by atoms with Crippen LogP contribution in [0.2, 0.25) is 0 Å². The maximum Gasteiger partial charge on any atom is 0.161 e. The summed E-state index contributed by atoms with van der Waals surface area (Å²) in [6.07, 6.45) is 2.60. The highest BCUT2D eigenvalue weighted by molar-refractivity contribution is 5.48. The summed E-state index contributed by atoms with van der Waals surface area (Å²) in [5.74, 6) is 3.04. The Balaban J connectivity index is 2.02. The van der Waals surface area contributed by atoms with E-state index in [0.29, 0.717) is 18.3 Å². The van der Waals surface area contributed by atoms with Crippen molar-refractivity contribution >= 4 is 11.6 Å². The number of aromatic nitrogens is 2. The Morgan fingerprint density at radius 1 is 1.04 bits per heavy atom. The molecule has 1 unspecified atom stereocenters. The van der Waals surface area contributed by atoms with E-state index in [0.717, 1.165) is 29.4 Å². The third kappa shape index (κ3) is 4.74. The van der Waals surface area contributed by atoms with Crippen LogP contribution >= 0.6 is 0 Å². The number of anilines is 2. The van der Waals surface area contributed by atoms with Gasteiger partial charge in [0.25, 0.3) is 0 Å². The van der Waals surface area contributed by atoms with Crippen molar-refractivity contribution in [3.05, 3.63) is 36.2 Å². The van der Waals surface area contributed by atoms with Crippen molar-refractivity contribution in [2.24, 2.45) is 0 Å². The number of hydrogen-bond acceptors (Lipinski definition) is 6. The van der Waals surface area contributed by atoms with Gasteiger partial charge >= 0.3 is 0 Å². The lowest BCUT2D eigenvalue weighted by Crippen LogP contribution is -2.14. The molecule has 1 aromatic heterocycles. The van der Waals surface area contributed by atoms with Crippen molar-refractivity contribution < 1.29 is 9.47 Å². The summed E-state index contributed by atoms with van der Waals surface area (Å²) >= 11 is 0. The molecule has 1 aromatic carbocycles. The van der Waals surface area contributed by atoms with Crippen LogP contribution in [0.1, 0.15) is 25.8 Å². The van der Waals surface area contributed by atoms with Crippen LogP contribution in [0.4, 0.5) is 11.6 Å². The Labute approximate surface area is 137 Å². The molecular weight excluding hydrogens is 292 g/mol. The smallest absolute Gasteiger partial charge is 0.161 e. The standard InChI is InChI=1S/C17H24N4O2/c1-5-12(2)21-17-9-16(19-11-20-17)18-10-13-6-7-14(22-3)15(8-13)23-4/h6-9,11-12H,5,10H2,1-4H3,(H2,18,19,20,21). The van der Waals surface area contributed by atoms with Gasteiger partial charge < -0.3 is 20.1 Å². The normalized spacial score (nSPS) is 11.7. The maximum absolute atomic E-state index is 5.32. The van der Waals surface area contributed by atoms with Gasteiger partial charge in [-0.15, -0.1) is 0 Å². The molecule has 0 amide bonds. The molecular formula is C17H24N4O2. The van der Waals surface area contributed by atoms with Crippen LogP contribution in [0, 0.1) is 0 Å². The SMILES string of the molecule is CCC(C)Nc1cc(NCc2ccc(OC)c(OC)c2)ncn1. The second-order valence-corrected chi connectivity index (χ2v) is 5.29. The van der Waals surface area contributed by atoms with E-state index in [9.17, 15) is 0 Å². The van der Waals surface area contributed by atoms with Gasteiger partial charge in [0, 0.05) is 18.7 Å². The molecule has 0 saturated heterocycles. The fraction of sp³-hybridized carbons (Fsp3) is 0.412. The van der Waals surface area contributed by atoms with E-state index in [2.05, 4.69) is 34.4 Å². The molecule has 6 heteroatoms. The molecule has 2 rings (SSSR count). The van der Waals surface area contributed by atoms with Crippen LogP contribution in [0.3, 0.4) is 0 Å². The highest BCUT2D eigenvalue weighted by atomic mass is 16.5. The average Bonchev–Trinajstić information content (AvgIpc) is 2.59. The van der Waals surface area contributed by atoms with E-state index in [1.165, 1.54) is 0 Å². The monoisotopic (exact) mass is 316 g/mol. The molecule has 6 nitrogen and oxygen atoms in total. The Kier molecular flexibility index (Phi) is 6.02. The van der Waals surface area contributed by atoms with Gasteiger partial charge in [0.05, 0.1) is 14.2 Å². The second-order valence-electron chi connectivity index (χ2n) is 5.29. The van der Waals surface area contributed by atoms with E-state index in [-0.39, 0.29) is 0 Å². The molecule has 0 aliphatic rings. The minimum atomic E-state index is 0.378. The molecule has 23 heavy (non-hydrogen) atoms. The minimum absolute atomic E-state index is 0.378. The van der Waals surface area contributed by atoms with E-state index in [1.807, 2.05) is 24.3 Å². The molecule has 0 aliphatic carbocycles. The fourth-order valence-corrected chi connectivity index (χ4v) is 2.07. The molecule has 0 spiro atoms. The predicted molar refractivity (Wildman–Crippen MR) is 92.3 cm³/mol. The molecule has 0 saturated carbocycles. The molecule has 0 radical (unpaired) electrons. The number of nitrogens with one attached hydrogen (secondary N) is 2. The van der Waals surface area contributed by atoms with Gasteiger partial charge in [0.1, 0.15) is 18.0 Å². The highest BCUT2D eigenvalue weighted by Gasteiger charge is 2.06. The van der Waals surface area contributed by atoms with Crippen LogP contribution in [-0.2, 0) is 6.54 Å². The summed E-state index contributed by atoms with van der Waals surface area (Å²) in [5, 5.41) is 6.63. The zero-order valence-corrected chi connectivity index (χ0v) is 14.1. The Bertz CT molecular complexity index is 634. The van der Waals surface area contributed by atoms with Crippen LogP contribution in [0.15, 0.2) is 30.6 Å². The van der Waals surface area contributed by atoms with Gasteiger partial charge in [0.2, 0.25) is 0 Å². The zero-order chi connectivity index (χ0) is 16.7. The number of ether oxygens (including phenoxy) is 2. The van der Waals surface area contributed by atoms with Gasteiger partial charge in [0.15, 0.2) is 11.5 Å². The largest absolute Gasteiger partial charge is 0.493 e. The lowest BCUT2D eigenvalue weighted by Gasteiger charge is -2.13. The van der Waals surface area contributed by atoms with Crippen molar-refractivity contribution in [1.82, 2.24) is 9.97 Å². The number of nitrogens with zero attached hydrogens (tertiary/aromatic N) is 2. The van der Waals surface area contributed by atoms with Gasteiger partial charge in [-0.1, -0.05) is 13.0 Å². The average molecular weight is 316 g/mol. The van der Waals surface area contributed by atoms with Crippen LogP contribution in [-0.4, -0.2) is 30.2 Å².